The number of hydrogen-bond acceptors (Lipinski definition) is 3. The van der Waals surface area contributed by atoms with E-state index in [0.29, 0.717) is 5.92 Å². The van der Waals surface area contributed by atoms with Crippen LogP contribution in [0.15, 0.2) is 34.5 Å². The third-order valence-electron chi connectivity index (χ3n) is 2.95. The van der Waals surface area contributed by atoms with Crippen LogP contribution >= 0.6 is 11.3 Å². The topological polar surface area (TPSA) is 16.4 Å². The molecule has 0 aliphatic heterocycles. The van der Waals surface area contributed by atoms with Gasteiger partial charge in [0.15, 0.2) is 0 Å². The van der Waals surface area contributed by atoms with Crippen LogP contribution in [-0.2, 0) is 13.1 Å². The van der Waals surface area contributed by atoms with Gasteiger partial charge in [-0.05, 0) is 35.9 Å². The molecule has 18 heavy (non-hydrogen) atoms. The Morgan fingerprint density at radius 1 is 1.28 bits per heavy atom. The number of rotatable bonds is 6. The summed E-state index contributed by atoms with van der Waals surface area (Å²) in [5, 5.41) is 2.18. The largest absolute Gasteiger partial charge is 0.472 e. The van der Waals surface area contributed by atoms with Gasteiger partial charge in [-0.25, -0.2) is 0 Å². The second kappa shape index (κ2) is 6.21. The molecule has 0 atom stereocenters. The fourth-order valence-corrected chi connectivity index (χ4v) is 3.06. The molecule has 0 radical (unpaired) electrons. The molecule has 0 amide bonds. The van der Waals surface area contributed by atoms with Gasteiger partial charge in [0.05, 0.1) is 12.5 Å². The van der Waals surface area contributed by atoms with Crippen molar-refractivity contribution in [2.24, 2.45) is 5.92 Å². The van der Waals surface area contributed by atoms with Gasteiger partial charge in [-0.15, -0.1) is 11.3 Å². The summed E-state index contributed by atoms with van der Waals surface area (Å²) in [6.45, 7) is 9.84. The fourth-order valence-electron chi connectivity index (χ4n) is 2.11. The van der Waals surface area contributed by atoms with E-state index in [1.54, 1.807) is 6.26 Å². The molecule has 0 fully saturated rings. The highest BCUT2D eigenvalue weighted by Gasteiger charge is 2.11. The Morgan fingerprint density at radius 2 is 2.11 bits per heavy atom. The zero-order valence-corrected chi connectivity index (χ0v) is 12.2. The van der Waals surface area contributed by atoms with E-state index in [1.807, 2.05) is 17.6 Å². The van der Waals surface area contributed by atoms with Crippen molar-refractivity contribution in [3.05, 3.63) is 46.0 Å². The van der Waals surface area contributed by atoms with Gasteiger partial charge < -0.3 is 4.42 Å². The molecule has 0 saturated carbocycles. The van der Waals surface area contributed by atoms with Crippen molar-refractivity contribution in [3.63, 3.8) is 0 Å². The number of hydrogen-bond donors (Lipinski definition) is 0. The summed E-state index contributed by atoms with van der Waals surface area (Å²) in [5.41, 5.74) is 2.66. The predicted octanol–water partition coefficient (Wildman–Crippen LogP) is 4.31. The van der Waals surface area contributed by atoms with E-state index >= 15 is 0 Å². The molecular formula is C15H21NOS. The SMILES string of the molecule is Cc1ccsc1CN(Cc1ccoc1)CC(C)C. The zero-order valence-electron chi connectivity index (χ0n) is 11.3. The van der Waals surface area contributed by atoms with Crippen molar-refractivity contribution < 1.29 is 4.42 Å². The van der Waals surface area contributed by atoms with Crippen LogP contribution in [-0.4, -0.2) is 11.4 Å². The first kappa shape index (κ1) is 13.4. The Hall–Kier alpha value is -1.06. The summed E-state index contributed by atoms with van der Waals surface area (Å²) >= 11 is 1.85. The van der Waals surface area contributed by atoms with Crippen molar-refractivity contribution in [1.29, 1.82) is 0 Å². The van der Waals surface area contributed by atoms with Crippen LogP contribution in [0, 0.1) is 12.8 Å². The van der Waals surface area contributed by atoms with Gasteiger partial charge >= 0.3 is 0 Å². The van der Waals surface area contributed by atoms with Gasteiger partial charge in [0.25, 0.3) is 0 Å². The minimum Gasteiger partial charge on any atom is -0.472 e. The summed E-state index contributed by atoms with van der Waals surface area (Å²) in [6, 6.07) is 4.25. The van der Waals surface area contributed by atoms with E-state index in [0.717, 1.165) is 19.6 Å². The van der Waals surface area contributed by atoms with Gasteiger partial charge in [-0.3, -0.25) is 4.90 Å². The van der Waals surface area contributed by atoms with E-state index < -0.39 is 0 Å². The van der Waals surface area contributed by atoms with Crippen molar-refractivity contribution in [1.82, 2.24) is 4.90 Å². The van der Waals surface area contributed by atoms with Gasteiger partial charge in [0, 0.05) is 30.1 Å². The first-order valence-electron chi connectivity index (χ1n) is 6.41. The van der Waals surface area contributed by atoms with Crippen molar-refractivity contribution in [2.75, 3.05) is 6.54 Å². The molecule has 2 rings (SSSR count). The minimum atomic E-state index is 0.678. The maximum atomic E-state index is 5.16. The highest BCUT2D eigenvalue weighted by atomic mass is 32.1. The quantitative estimate of drug-likeness (QED) is 0.772. The molecule has 0 spiro atoms. The highest BCUT2D eigenvalue weighted by molar-refractivity contribution is 7.10. The van der Waals surface area contributed by atoms with Crippen LogP contribution < -0.4 is 0 Å². The molecule has 0 saturated heterocycles. The summed E-state index contributed by atoms with van der Waals surface area (Å²) in [4.78, 5) is 3.97. The van der Waals surface area contributed by atoms with Crippen molar-refractivity contribution >= 4 is 11.3 Å². The van der Waals surface area contributed by atoms with Crippen LogP contribution in [0.1, 0.15) is 29.9 Å². The zero-order chi connectivity index (χ0) is 13.0. The molecule has 0 aromatic carbocycles. The number of thiophene rings is 1. The molecule has 98 valence electrons. The molecule has 0 unspecified atom stereocenters. The molecule has 0 N–H and O–H groups in total. The summed E-state index contributed by atoms with van der Waals surface area (Å²) < 4.78 is 5.16. The molecule has 2 nitrogen and oxygen atoms in total. The predicted molar refractivity (Wildman–Crippen MR) is 76.7 cm³/mol. The summed E-state index contributed by atoms with van der Waals surface area (Å²) in [7, 11) is 0. The van der Waals surface area contributed by atoms with E-state index in [4.69, 9.17) is 4.42 Å². The van der Waals surface area contributed by atoms with Gasteiger partial charge in [0.2, 0.25) is 0 Å². The van der Waals surface area contributed by atoms with Crippen LogP contribution in [0.2, 0.25) is 0 Å². The molecule has 2 aromatic heterocycles. The lowest BCUT2D eigenvalue weighted by molar-refractivity contribution is 0.228. The first-order chi connectivity index (χ1) is 8.65. The number of furan rings is 1. The van der Waals surface area contributed by atoms with E-state index in [9.17, 15) is 0 Å². The van der Waals surface area contributed by atoms with Crippen LogP contribution in [0.3, 0.4) is 0 Å². The Kier molecular flexibility index (Phi) is 4.61. The third-order valence-corrected chi connectivity index (χ3v) is 3.95. The molecular weight excluding hydrogens is 242 g/mol. The van der Waals surface area contributed by atoms with E-state index in [2.05, 4.69) is 43.2 Å². The standard InChI is InChI=1S/C15H21NOS/c1-12(2)8-16(9-14-4-6-17-11-14)10-15-13(3)5-7-18-15/h4-7,11-12H,8-10H2,1-3H3. The van der Waals surface area contributed by atoms with Crippen LogP contribution in [0.5, 0.6) is 0 Å². The van der Waals surface area contributed by atoms with Gasteiger partial charge in [0.1, 0.15) is 0 Å². The van der Waals surface area contributed by atoms with E-state index in [-0.39, 0.29) is 0 Å². The second-order valence-electron chi connectivity index (χ2n) is 5.22. The van der Waals surface area contributed by atoms with Crippen molar-refractivity contribution in [2.45, 2.75) is 33.9 Å². The average Bonchev–Trinajstić information content (AvgIpc) is 2.91. The Labute approximate surface area is 113 Å². The maximum absolute atomic E-state index is 5.16. The lowest BCUT2D eigenvalue weighted by atomic mass is 10.2. The highest BCUT2D eigenvalue weighted by Crippen LogP contribution is 2.20. The minimum absolute atomic E-state index is 0.678. The van der Waals surface area contributed by atoms with E-state index in [1.165, 1.54) is 16.0 Å². The number of nitrogens with zero attached hydrogens (tertiary/aromatic N) is 1. The second-order valence-corrected chi connectivity index (χ2v) is 6.22. The summed E-state index contributed by atoms with van der Waals surface area (Å²) in [5.74, 6) is 0.678. The molecule has 2 aromatic rings. The fraction of sp³-hybridized carbons (Fsp3) is 0.467. The average molecular weight is 263 g/mol. The lowest BCUT2D eigenvalue weighted by Gasteiger charge is -2.23. The smallest absolute Gasteiger partial charge is 0.0947 e. The van der Waals surface area contributed by atoms with Crippen LogP contribution in [0.25, 0.3) is 0 Å². The normalized spacial score (nSPS) is 11.6. The molecule has 2 heterocycles. The molecule has 3 heteroatoms. The number of aryl methyl sites for hydroxylation is 1. The molecule has 0 bridgehead atoms. The van der Waals surface area contributed by atoms with Crippen molar-refractivity contribution in [3.8, 4) is 0 Å². The Bertz CT molecular complexity index is 459. The maximum Gasteiger partial charge on any atom is 0.0947 e. The Morgan fingerprint density at radius 3 is 2.67 bits per heavy atom. The van der Waals surface area contributed by atoms with Gasteiger partial charge in [-0.1, -0.05) is 13.8 Å². The summed E-state index contributed by atoms with van der Waals surface area (Å²) in [6.07, 6.45) is 3.59. The lowest BCUT2D eigenvalue weighted by Crippen LogP contribution is -2.26. The Balaban J connectivity index is 2.03. The monoisotopic (exact) mass is 263 g/mol. The van der Waals surface area contributed by atoms with Gasteiger partial charge in [-0.2, -0.15) is 0 Å². The van der Waals surface area contributed by atoms with Crippen LogP contribution in [0.4, 0.5) is 0 Å². The first-order valence-corrected chi connectivity index (χ1v) is 7.29. The molecule has 0 aliphatic carbocycles. The third kappa shape index (κ3) is 3.72. The molecule has 0 aliphatic rings.